The van der Waals surface area contributed by atoms with Crippen LogP contribution in [0.25, 0.3) is 0 Å². The maximum atomic E-state index is 12.4. The van der Waals surface area contributed by atoms with Crippen molar-refractivity contribution in [3.63, 3.8) is 0 Å². The number of nitrogens with zero attached hydrogens (tertiary/aromatic N) is 1. The number of nitrogens with one attached hydrogen (secondary N) is 1. The smallest absolute Gasteiger partial charge is 0.255 e. The summed E-state index contributed by atoms with van der Waals surface area (Å²) >= 11 is 1.67. The van der Waals surface area contributed by atoms with Crippen molar-refractivity contribution in [2.24, 2.45) is 5.14 Å². The van der Waals surface area contributed by atoms with Gasteiger partial charge in [-0.15, -0.1) is 11.8 Å². The van der Waals surface area contributed by atoms with Gasteiger partial charge < -0.3 is 5.32 Å². The Kier molecular flexibility index (Phi) is 6.13. The second-order valence-corrected chi connectivity index (χ2v) is 8.73. The van der Waals surface area contributed by atoms with Crippen LogP contribution in [0.3, 0.4) is 0 Å². The molecule has 1 amide bonds. The number of carbonyl (C=O) groups excluding carboxylic acids is 1. The van der Waals surface area contributed by atoms with Crippen LogP contribution in [0.15, 0.2) is 76.8 Å². The predicted octanol–water partition coefficient (Wildman–Crippen LogP) is 3.58. The molecule has 1 heterocycles. The third-order valence-corrected chi connectivity index (χ3v) is 6.13. The lowest BCUT2D eigenvalue weighted by Gasteiger charge is -2.09. The average molecular weight is 414 g/mol. The molecule has 0 aliphatic rings. The molecule has 0 saturated carbocycles. The third-order valence-electron chi connectivity index (χ3n) is 4.00. The number of carbonyl (C=O) groups is 1. The van der Waals surface area contributed by atoms with E-state index >= 15 is 0 Å². The van der Waals surface area contributed by atoms with Crippen LogP contribution in [0.4, 0.5) is 5.69 Å². The monoisotopic (exact) mass is 413 g/mol. The molecule has 3 rings (SSSR count). The number of hydrogen-bond donors (Lipinski definition) is 2. The molecule has 0 atom stereocenters. The number of thioether (sulfide) groups is 1. The molecule has 6 nitrogen and oxygen atoms in total. The molecule has 3 aromatic rings. The molecule has 0 unspecified atom stereocenters. The number of anilines is 1. The van der Waals surface area contributed by atoms with Gasteiger partial charge in [0.2, 0.25) is 10.0 Å². The zero-order valence-corrected chi connectivity index (χ0v) is 16.8. The van der Waals surface area contributed by atoms with Gasteiger partial charge in [-0.05, 0) is 60.5 Å². The molecule has 0 bridgehead atoms. The molecule has 3 N–H and O–H groups in total. The zero-order valence-electron chi connectivity index (χ0n) is 15.1. The quantitative estimate of drug-likeness (QED) is 0.601. The second-order valence-electron chi connectivity index (χ2n) is 6.15. The number of rotatable bonds is 6. The second kappa shape index (κ2) is 8.55. The van der Waals surface area contributed by atoms with Gasteiger partial charge in [-0.25, -0.2) is 13.6 Å². The standard InChI is InChI=1S/C20H19N3O3S2/c1-14-4-5-16(11-19(14)28(21,25)26)20(24)23-17-6-8-18(9-7-17)27-13-15-3-2-10-22-12-15/h2-12H,13H2,1H3,(H,23,24)(H2,21,25,26). The van der Waals surface area contributed by atoms with Crippen LogP contribution in [-0.2, 0) is 15.8 Å². The van der Waals surface area contributed by atoms with E-state index in [2.05, 4.69) is 10.3 Å². The van der Waals surface area contributed by atoms with Gasteiger partial charge in [0.25, 0.3) is 5.91 Å². The highest BCUT2D eigenvalue weighted by Crippen LogP contribution is 2.24. The molecule has 1 aromatic heterocycles. The van der Waals surface area contributed by atoms with Gasteiger partial charge in [0.1, 0.15) is 0 Å². The first-order valence-corrected chi connectivity index (χ1v) is 10.9. The van der Waals surface area contributed by atoms with Crippen molar-refractivity contribution in [2.45, 2.75) is 22.5 Å². The predicted molar refractivity (Wildman–Crippen MR) is 111 cm³/mol. The Hall–Kier alpha value is -2.68. The fourth-order valence-electron chi connectivity index (χ4n) is 2.54. The molecular formula is C20H19N3O3S2. The lowest BCUT2D eigenvalue weighted by Crippen LogP contribution is -2.17. The summed E-state index contributed by atoms with van der Waals surface area (Å²) in [5, 5.41) is 7.96. The summed E-state index contributed by atoms with van der Waals surface area (Å²) in [6.07, 6.45) is 3.57. The Morgan fingerprint density at radius 3 is 2.54 bits per heavy atom. The van der Waals surface area contributed by atoms with Crippen molar-refractivity contribution in [3.8, 4) is 0 Å². The summed E-state index contributed by atoms with van der Waals surface area (Å²) in [6.45, 7) is 1.63. The van der Waals surface area contributed by atoms with Gasteiger partial charge in [0.05, 0.1) is 4.90 Å². The SMILES string of the molecule is Cc1ccc(C(=O)Nc2ccc(SCc3cccnc3)cc2)cc1S(N)(=O)=O. The van der Waals surface area contributed by atoms with Crippen molar-refractivity contribution in [1.29, 1.82) is 0 Å². The highest BCUT2D eigenvalue weighted by Gasteiger charge is 2.15. The van der Waals surface area contributed by atoms with Crippen LogP contribution in [0, 0.1) is 6.92 Å². The maximum Gasteiger partial charge on any atom is 0.255 e. The lowest BCUT2D eigenvalue weighted by molar-refractivity contribution is 0.102. The Bertz CT molecular complexity index is 1080. The van der Waals surface area contributed by atoms with E-state index in [9.17, 15) is 13.2 Å². The van der Waals surface area contributed by atoms with Gasteiger partial charge in [-0.2, -0.15) is 0 Å². The third kappa shape index (κ3) is 5.19. The van der Waals surface area contributed by atoms with E-state index in [1.165, 1.54) is 6.07 Å². The molecule has 0 spiro atoms. The topological polar surface area (TPSA) is 102 Å². The molecule has 0 fully saturated rings. The number of primary sulfonamides is 1. The molecule has 28 heavy (non-hydrogen) atoms. The van der Waals surface area contributed by atoms with E-state index < -0.39 is 15.9 Å². The van der Waals surface area contributed by atoms with E-state index in [1.807, 2.05) is 30.5 Å². The molecule has 0 radical (unpaired) electrons. The summed E-state index contributed by atoms with van der Waals surface area (Å²) in [4.78, 5) is 17.5. The van der Waals surface area contributed by atoms with Crippen LogP contribution in [0.1, 0.15) is 21.5 Å². The van der Waals surface area contributed by atoms with Crippen molar-refractivity contribution < 1.29 is 13.2 Å². The molecule has 0 aliphatic heterocycles. The van der Waals surface area contributed by atoms with Gasteiger partial charge in [0.15, 0.2) is 0 Å². The molecule has 144 valence electrons. The van der Waals surface area contributed by atoms with Gasteiger partial charge in [-0.3, -0.25) is 9.78 Å². The number of aromatic nitrogens is 1. The number of aryl methyl sites for hydroxylation is 1. The lowest BCUT2D eigenvalue weighted by atomic mass is 10.1. The first kappa shape index (κ1) is 20.1. The van der Waals surface area contributed by atoms with Crippen LogP contribution >= 0.6 is 11.8 Å². The van der Waals surface area contributed by atoms with Gasteiger partial charge >= 0.3 is 0 Å². The Labute approximate surface area is 168 Å². The first-order valence-electron chi connectivity index (χ1n) is 8.39. The number of sulfonamides is 1. The molecule has 0 saturated heterocycles. The maximum absolute atomic E-state index is 12.4. The molecule has 0 aliphatic carbocycles. The fourth-order valence-corrected chi connectivity index (χ4v) is 4.18. The van der Waals surface area contributed by atoms with Crippen molar-refractivity contribution in [2.75, 3.05) is 5.32 Å². The summed E-state index contributed by atoms with van der Waals surface area (Å²) in [6, 6.07) is 15.8. The number of hydrogen-bond acceptors (Lipinski definition) is 5. The largest absolute Gasteiger partial charge is 0.322 e. The highest BCUT2D eigenvalue weighted by atomic mass is 32.2. The molecular weight excluding hydrogens is 394 g/mol. The van der Waals surface area contributed by atoms with Gasteiger partial charge in [0, 0.05) is 34.3 Å². The van der Waals surface area contributed by atoms with Gasteiger partial charge in [-0.1, -0.05) is 12.1 Å². The van der Waals surface area contributed by atoms with E-state index in [4.69, 9.17) is 5.14 Å². The van der Waals surface area contributed by atoms with Crippen LogP contribution in [0.2, 0.25) is 0 Å². The van der Waals surface area contributed by atoms with E-state index in [1.54, 1.807) is 49.1 Å². The Morgan fingerprint density at radius 2 is 1.89 bits per heavy atom. The van der Waals surface area contributed by atoms with Crippen molar-refractivity contribution >= 4 is 33.4 Å². The summed E-state index contributed by atoms with van der Waals surface area (Å²) in [7, 11) is -3.88. The zero-order chi connectivity index (χ0) is 20.1. The van der Waals surface area contributed by atoms with E-state index in [0.717, 1.165) is 16.2 Å². The highest BCUT2D eigenvalue weighted by molar-refractivity contribution is 7.98. The van der Waals surface area contributed by atoms with Crippen LogP contribution in [-0.4, -0.2) is 19.3 Å². The van der Waals surface area contributed by atoms with Crippen molar-refractivity contribution in [1.82, 2.24) is 4.98 Å². The minimum atomic E-state index is -3.88. The van der Waals surface area contributed by atoms with Crippen LogP contribution < -0.4 is 10.5 Å². The molecule has 2 aromatic carbocycles. The number of benzene rings is 2. The van der Waals surface area contributed by atoms with E-state index in [-0.39, 0.29) is 10.5 Å². The van der Waals surface area contributed by atoms with Crippen LogP contribution in [0.5, 0.6) is 0 Å². The average Bonchev–Trinajstić information content (AvgIpc) is 2.67. The molecule has 8 heteroatoms. The van der Waals surface area contributed by atoms with Crippen molar-refractivity contribution in [3.05, 3.63) is 83.7 Å². The minimum Gasteiger partial charge on any atom is -0.322 e. The first-order chi connectivity index (χ1) is 13.3. The number of pyridine rings is 1. The normalized spacial score (nSPS) is 11.2. The Morgan fingerprint density at radius 1 is 1.14 bits per heavy atom. The number of nitrogens with two attached hydrogens (primary N) is 1. The summed E-state index contributed by atoms with van der Waals surface area (Å²) in [5.41, 5.74) is 2.47. The van der Waals surface area contributed by atoms with E-state index in [0.29, 0.717) is 11.3 Å². The minimum absolute atomic E-state index is 0.0534. The summed E-state index contributed by atoms with van der Waals surface area (Å²) < 4.78 is 23.3. The number of amides is 1. The summed E-state index contributed by atoms with van der Waals surface area (Å²) in [5.74, 6) is 0.403. The fraction of sp³-hybridized carbons (Fsp3) is 0.100. The Balaban J connectivity index is 1.66.